The summed E-state index contributed by atoms with van der Waals surface area (Å²) in [7, 11) is 0. The number of hydrogen-bond acceptors (Lipinski definition) is 6. The van der Waals surface area contributed by atoms with Crippen molar-refractivity contribution in [3.05, 3.63) is 42.2 Å². The van der Waals surface area contributed by atoms with Gasteiger partial charge in [0.2, 0.25) is 0 Å². The number of aryl methyl sites for hydroxylation is 1. The van der Waals surface area contributed by atoms with Crippen LogP contribution in [0.2, 0.25) is 0 Å². The van der Waals surface area contributed by atoms with Crippen LogP contribution in [0.3, 0.4) is 0 Å². The second-order valence-electron chi connectivity index (χ2n) is 5.80. The SMILES string of the molecule is CCCc1occc1C(=O)N[C@H]1CCOC[C@H]1Nc1ccncn1. The first-order valence-electron chi connectivity index (χ1n) is 8.25. The van der Waals surface area contributed by atoms with Crippen molar-refractivity contribution in [2.75, 3.05) is 18.5 Å². The molecule has 3 heterocycles. The number of ether oxygens (including phenoxy) is 1. The molecule has 0 aliphatic carbocycles. The molecule has 7 heteroatoms. The molecule has 1 saturated heterocycles. The third-order valence-corrected chi connectivity index (χ3v) is 4.06. The minimum Gasteiger partial charge on any atom is -0.469 e. The van der Waals surface area contributed by atoms with Gasteiger partial charge in [-0.15, -0.1) is 0 Å². The Morgan fingerprint density at radius 1 is 1.38 bits per heavy atom. The third kappa shape index (κ3) is 3.91. The topological polar surface area (TPSA) is 89.3 Å². The molecule has 1 aliphatic heterocycles. The molecular weight excluding hydrogens is 308 g/mol. The van der Waals surface area contributed by atoms with Crippen molar-refractivity contribution in [2.45, 2.75) is 38.3 Å². The predicted octanol–water partition coefficient (Wildman–Crippen LogP) is 2.02. The van der Waals surface area contributed by atoms with E-state index in [0.717, 1.165) is 30.8 Å². The smallest absolute Gasteiger partial charge is 0.255 e. The first-order valence-corrected chi connectivity index (χ1v) is 8.25. The van der Waals surface area contributed by atoms with E-state index in [1.807, 2.05) is 0 Å². The molecule has 7 nitrogen and oxygen atoms in total. The van der Waals surface area contributed by atoms with E-state index in [9.17, 15) is 4.79 Å². The van der Waals surface area contributed by atoms with Crippen LogP contribution in [-0.4, -0.2) is 41.2 Å². The van der Waals surface area contributed by atoms with E-state index in [2.05, 4.69) is 27.5 Å². The van der Waals surface area contributed by atoms with Gasteiger partial charge in [0.1, 0.15) is 17.9 Å². The molecule has 2 N–H and O–H groups in total. The van der Waals surface area contributed by atoms with Gasteiger partial charge in [-0.25, -0.2) is 9.97 Å². The van der Waals surface area contributed by atoms with Crippen LogP contribution < -0.4 is 10.6 Å². The number of amides is 1. The molecule has 0 saturated carbocycles. The van der Waals surface area contributed by atoms with Crippen molar-refractivity contribution in [3.63, 3.8) is 0 Å². The molecule has 2 aromatic rings. The Kier molecular flexibility index (Phi) is 5.43. The monoisotopic (exact) mass is 330 g/mol. The molecule has 1 aliphatic rings. The van der Waals surface area contributed by atoms with E-state index >= 15 is 0 Å². The zero-order valence-corrected chi connectivity index (χ0v) is 13.7. The number of rotatable bonds is 6. The minimum absolute atomic E-state index is 0.0365. The summed E-state index contributed by atoms with van der Waals surface area (Å²) in [6.07, 6.45) is 7.17. The normalized spacial score (nSPS) is 20.5. The van der Waals surface area contributed by atoms with Crippen LogP contribution in [0.5, 0.6) is 0 Å². The van der Waals surface area contributed by atoms with Gasteiger partial charge in [-0.2, -0.15) is 0 Å². The average molecular weight is 330 g/mol. The van der Waals surface area contributed by atoms with Gasteiger partial charge in [-0.1, -0.05) is 6.92 Å². The number of carbonyl (C=O) groups excluding carboxylic acids is 1. The fourth-order valence-electron chi connectivity index (χ4n) is 2.83. The van der Waals surface area contributed by atoms with Crippen molar-refractivity contribution in [1.29, 1.82) is 0 Å². The van der Waals surface area contributed by atoms with E-state index in [0.29, 0.717) is 18.8 Å². The van der Waals surface area contributed by atoms with Crippen molar-refractivity contribution >= 4 is 11.7 Å². The van der Waals surface area contributed by atoms with Crippen molar-refractivity contribution in [3.8, 4) is 0 Å². The van der Waals surface area contributed by atoms with Crippen LogP contribution in [0.1, 0.15) is 35.9 Å². The molecule has 1 fully saturated rings. The maximum absolute atomic E-state index is 12.6. The fourth-order valence-corrected chi connectivity index (χ4v) is 2.83. The summed E-state index contributed by atoms with van der Waals surface area (Å²) in [6, 6.07) is 3.44. The molecule has 128 valence electrons. The van der Waals surface area contributed by atoms with Gasteiger partial charge in [0.15, 0.2) is 0 Å². The largest absolute Gasteiger partial charge is 0.469 e. The Hall–Kier alpha value is -2.41. The fraction of sp³-hybridized carbons (Fsp3) is 0.471. The zero-order valence-electron chi connectivity index (χ0n) is 13.7. The van der Waals surface area contributed by atoms with E-state index in [1.54, 1.807) is 24.6 Å². The lowest BCUT2D eigenvalue weighted by Gasteiger charge is -2.33. The quantitative estimate of drug-likeness (QED) is 0.842. The van der Waals surface area contributed by atoms with Crippen molar-refractivity contribution in [1.82, 2.24) is 15.3 Å². The standard InChI is InChI=1S/C17H22N4O3/c1-2-3-15-12(5-9-24-15)17(22)21-13-6-8-23-10-14(13)20-16-4-7-18-11-19-16/h4-5,7,9,11,13-14H,2-3,6,8,10H2,1H3,(H,21,22)(H,18,19,20)/t13-,14+/m0/s1. The highest BCUT2D eigenvalue weighted by Gasteiger charge is 2.28. The molecule has 0 radical (unpaired) electrons. The first-order chi connectivity index (χ1) is 11.8. The van der Waals surface area contributed by atoms with Gasteiger partial charge in [-0.3, -0.25) is 4.79 Å². The Balaban J connectivity index is 1.67. The molecule has 2 aromatic heterocycles. The zero-order chi connectivity index (χ0) is 16.8. The van der Waals surface area contributed by atoms with Crippen LogP contribution in [0, 0.1) is 0 Å². The summed E-state index contributed by atoms with van der Waals surface area (Å²) in [4.78, 5) is 20.7. The number of nitrogens with one attached hydrogen (secondary N) is 2. The summed E-state index contributed by atoms with van der Waals surface area (Å²) in [5.74, 6) is 1.35. The third-order valence-electron chi connectivity index (χ3n) is 4.06. The van der Waals surface area contributed by atoms with Gasteiger partial charge in [0, 0.05) is 19.2 Å². The summed E-state index contributed by atoms with van der Waals surface area (Å²) in [5, 5.41) is 6.41. The van der Waals surface area contributed by atoms with E-state index in [-0.39, 0.29) is 18.0 Å². The molecule has 1 amide bonds. The van der Waals surface area contributed by atoms with Crippen LogP contribution in [0.4, 0.5) is 5.82 Å². The first kappa shape index (κ1) is 16.4. The summed E-state index contributed by atoms with van der Waals surface area (Å²) in [5.41, 5.74) is 0.615. The Morgan fingerprint density at radius 2 is 2.29 bits per heavy atom. The summed E-state index contributed by atoms with van der Waals surface area (Å²) < 4.78 is 11.0. The summed E-state index contributed by atoms with van der Waals surface area (Å²) >= 11 is 0. The van der Waals surface area contributed by atoms with Crippen LogP contribution in [0.15, 0.2) is 35.3 Å². The highest BCUT2D eigenvalue weighted by Crippen LogP contribution is 2.16. The highest BCUT2D eigenvalue weighted by atomic mass is 16.5. The molecule has 24 heavy (non-hydrogen) atoms. The van der Waals surface area contributed by atoms with Gasteiger partial charge < -0.3 is 19.8 Å². The molecule has 0 spiro atoms. The van der Waals surface area contributed by atoms with Crippen LogP contribution >= 0.6 is 0 Å². The molecule has 3 rings (SSSR count). The lowest BCUT2D eigenvalue weighted by atomic mass is 10.0. The lowest BCUT2D eigenvalue weighted by molar-refractivity contribution is 0.0619. The number of furan rings is 1. The molecule has 0 aromatic carbocycles. The lowest BCUT2D eigenvalue weighted by Crippen LogP contribution is -2.52. The minimum atomic E-state index is -0.103. The van der Waals surface area contributed by atoms with Crippen LogP contribution in [-0.2, 0) is 11.2 Å². The Morgan fingerprint density at radius 3 is 3.08 bits per heavy atom. The number of carbonyl (C=O) groups is 1. The number of anilines is 1. The molecule has 0 bridgehead atoms. The predicted molar refractivity (Wildman–Crippen MR) is 88.8 cm³/mol. The maximum atomic E-state index is 12.6. The van der Waals surface area contributed by atoms with Crippen molar-refractivity contribution < 1.29 is 13.9 Å². The Bertz CT molecular complexity index is 659. The van der Waals surface area contributed by atoms with E-state index < -0.39 is 0 Å². The van der Waals surface area contributed by atoms with Gasteiger partial charge in [0.25, 0.3) is 5.91 Å². The average Bonchev–Trinajstić information content (AvgIpc) is 3.06. The van der Waals surface area contributed by atoms with E-state index in [4.69, 9.17) is 9.15 Å². The molecule has 2 atom stereocenters. The van der Waals surface area contributed by atoms with Gasteiger partial charge in [-0.05, 0) is 25.0 Å². The second kappa shape index (κ2) is 7.92. The molecule has 0 unspecified atom stereocenters. The highest BCUT2D eigenvalue weighted by molar-refractivity contribution is 5.95. The maximum Gasteiger partial charge on any atom is 0.255 e. The van der Waals surface area contributed by atoms with E-state index in [1.165, 1.54) is 6.33 Å². The van der Waals surface area contributed by atoms with Gasteiger partial charge >= 0.3 is 0 Å². The molecular formula is C17H22N4O3. The van der Waals surface area contributed by atoms with Gasteiger partial charge in [0.05, 0.1) is 30.5 Å². The Labute approximate surface area is 140 Å². The summed E-state index contributed by atoms with van der Waals surface area (Å²) in [6.45, 7) is 3.20. The number of aromatic nitrogens is 2. The second-order valence-corrected chi connectivity index (χ2v) is 5.80. The van der Waals surface area contributed by atoms with Crippen molar-refractivity contribution in [2.24, 2.45) is 0 Å². The van der Waals surface area contributed by atoms with Crippen LogP contribution in [0.25, 0.3) is 0 Å². The number of hydrogen-bond donors (Lipinski definition) is 2. The number of nitrogens with zero attached hydrogens (tertiary/aromatic N) is 2.